The molecule has 1 fully saturated rings. The summed E-state index contributed by atoms with van der Waals surface area (Å²) in [6.07, 6.45) is 4.19. The number of aliphatic hydroxyl groups excluding tert-OH is 1. The lowest BCUT2D eigenvalue weighted by atomic mass is 9.92. The van der Waals surface area contributed by atoms with Crippen LogP contribution in [0.2, 0.25) is 0 Å². The predicted octanol–water partition coefficient (Wildman–Crippen LogP) is -0.0335. The summed E-state index contributed by atoms with van der Waals surface area (Å²) < 4.78 is 27.1. The molecule has 1 aromatic rings. The van der Waals surface area contributed by atoms with Crippen LogP contribution in [0, 0.1) is 0 Å². The number of sulfonamides is 1. The first-order chi connectivity index (χ1) is 9.85. The molecule has 1 aliphatic carbocycles. The number of carbonyl (C=O) groups excluding carboxylic acids is 1. The van der Waals surface area contributed by atoms with Gasteiger partial charge in [0.25, 0.3) is 5.91 Å². The van der Waals surface area contributed by atoms with E-state index < -0.39 is 16.1 Å². The van der Waals surface area contributed by atoms with Gasteiger partial charge in [0.1, 0.15) is 10.6 Å². The van der Waals surface area contributed by atoms with E-state index in [2.05, 4.69) is 10.0 Å². The van der Waals surface area contributed by atoms with Gasteiger partial charge in [0.2, 0.25) is 10.0 Å². The Morgan fingerprint density at radius 1 is 1.38 bits per heavy atom. The Morgan fingerprint density at radius 3 is 2.67 bits per heavy atom. The minimum Gasteiger partial charge on any atom is -0.391 e. The van der Waals surface area contributed by atoms with Gasteiger partial charge in [-0.3, -0.25) is 4.79 Å². The van der Waals surface area contributed by atoms with E-state index in [4.69, 9.17) is 0 Å². The van der Waals surface area contributed by atoms with Crippen molar-refractivity contribution in [3.8, 4) is 0 Å². The van der Waals surface area contributed by atoms with Crippen LogP contribution in [0.15, 0.2) is 17.2 Å². The number of nitrogens with zero attached hydrogens (tertiary/aromatic N) is 1. The third-order valence-electron chi connectivity index (χ3n) is 3.84. The molecule has 7 nitrogen and oxygen atoms in total. The number of amides is 1. The average molecular weight is 315 g/mol. The first-order valence-corrected chi connectivity index (χ1v) is 8.42. The minimum atomic E-state index is -3.58. The zero-order valence-corrected chi connectivity index (χ0v) is 13.0. The van der Waals surface area contributed by atoms with Crippen LogP contribution in [0.4, 0.5) is 0 Å². The Bertz CT molecular complexity index is 623. The Balaban J connectivity index is 2.16. The highest BCUT2D eigenvalue weighted by Crippen LogP contribution is 2.19. The van der Waals surface area contributed by atoms with Crippen LogP contribution in [-0.2, 0) is 17.1 Å². The lowest BCUT2D eigenvalue weighted by Crippen LogP contribution is -2.45. The number of hydrogen-bond donors (Lipinski definition) is 3. The maximum absolute atomic E-state index is 12.2. The molecule has 3 N–H and O–H groups in total. The number of nitrogens with one attached hydrogen (secondary N) is 2. The summed E-state index contributed by atoms with van der Waals surface area (Å²) >= 11 is 0. The van der Waals surface area contributed by atoms with Crippen molar-refractivity contribution in [2.45, 2.75) is 42.7 Å². The number of rotatable bonds is 4. The zero-order chi connectivity index (χ0) is 15.6. The van der Waals surface area contributed by atoms with Crippen molar-refractivity contribution in [1.82, 2.24) is 14.6 Å². The molecule has 21 heavy (non-hydrogen) atoms. The molecule has 2 rings (SSSR count). The van der Waals surface area contributed by atoms with Crippen LogP contribution >= 0.6 is 0 Å². The van der Waals surface area contributed by atoms with Gasteiger partial charge in [0.05, 0.1) is 12.1 Å². The molecule has 0 aromatic carbocycles. The van der Waals surface area contributed by atoms with Gasteiger partial charge >= 0.3 is 0 Å². The SMILES string of the molecule is CNS(=O)(=O)c1cc(C(=O)N[C@@H]2CCCC[C@H]2O)n(C)c1. The molecule has 1 aliphatic rings. The van der Waals surface area contributed by atoms with Crippen molar-refractivity contribution in [3.63, 3.8) is 0 Å². The first-order valence-electron chi connectivity index (χ1n) is 6.94. The van der Waals surface area contributed by atoms with E-state index in [0.29, 0.717) is 6.42 Å². The Hall–Kier alpha value is -1.38. The van der Waals surface area contributed by atoms with Crippen LogP contribution in [-0.4, -0.2) is 43.2 Å². The monoisotopic (exact) mass is 315 g/mol. The van der Waals surface area contributed by atoms with E-state index in [1.807, 2.05) is 0 Å². The largest absolute Gasteiger partial charge is 0.391 e. The highest BCUT2D eigenvalue weighted by atomic mass is 32.2. The summed E-state index contributed by atoms with van der Waals surface area (Å²) in [6, 6.07) is 1.06. The zero-order valence-electron chi connectivity index (χ0n) is 12.2. The smallest absolute Gasteiger partial charge is 0.268 e. The Morgan fingerprint density at radius 2 is 2.05 bits per heavy atom. The normalized spacial score (nSPS) is 23.0. The molecule has 0 unspecified atom stereocenters. The predicted molar refractivity (Wildman–Crippen MR) is 77.4 cm³/mol. The van der Waals surface area contributed by atoms with Crippen LogP contribution in [0.5, 0.6) is 0 Å². The van der Waals surface area contributed by atoms with E-state index in [-0.39, 0.29) is 22.5 Å². The molecule has 1 amide bonds. The quantitative estimate of drug-likeness (QED) is 0.726. The lowest BCUT2D eigenvalue weighted by molar-refractivity contribution is 0.0711. The molecule has 1 heterocycles. The Labute approximate surface area is 124 Å². The van der Waals surface area contributed by atoms with Crippen molar-refractivity contribution in [2.75, 3.05) is 7.05 Å². The standard InChI is InChI=1S/C13H21N3O4S/c1-14-21(19,20)9-7-11(16(2)8-9)13(18)15-10-5-3-4-6-12(10)17/h7-8,10,12,14,17H,3-6H2,1-2H3,(H,15,18)/t10-,12-/m1/s1. The molecule has 1 aromatic heterocycles. The van der Waals surface area contributed by atoms with E-state index in [1.54, 1.807) is 7.05 Å². The summed E-state index contributed by atoms with van der Waals surface area (Å²) in [5.41, 5.74) is 0.251. The second-order valence-electron chi connectivity index (χ2n) is 5.31. The Kier molecular flexibility index (Phi) is 4.70. The van der Waals surface area contributed by atoms with Gasteiger partial charge in [-0.05, 0) is 26.0 Å². The summed E-state index contributed by atoms with van der Waals surface area (Å²) in [7, 11) is -0.646. The fourth-order valence-electron chi connectivity index (χ4n) is 2.55. The van der Waals surface area contributed by atoms with Crippen LogP contribution in [0.25, 0.3) is 0 Å². The average Bonchev–Trinajstić information content (AvgIpc) is 2.84. The van der Waals surface area contributed by atoms with Gasteiger partial charge in [-0.15, -0.1) is 0 Å². The first kappa shape index (κ1) is 16.0. The lowest BCUT2D eigenvalue weighted by Gasteiger charge is -2.28. The van der Waals surface area contributed by atoms with Crippen molar-refractivity contribution >= 4 is 15.9 Å². The van der Waals surface area contributed by atoms with E-state index in [0.717, 1.165) is 19.3 Å². The molecule has 118 valence electrons. The molecule has 0 spiro atoms. The third kappa shape index (κ3) is 3.45. The maximum atomic E-state index is 12.2. The van der Waals surface area contributed by atoms with Crippen molar-refractivity contribution < 1.29 is 18.3 Å². The number of aliphatic hydroxyl groups is 1. The maximum Gasteiger partial charge on any atom is 0.268 e. The summed E-state index contributed by atoms with van der Waals surface area (Å²) in [6.45, 7) is 0. The molecule has 0 saturated heterocycles. The van der Waals surface area contributed by atoms with Gasteiger partial charge in [-0.1, -0.05) is 12.8 Å². The number of aryl methyl sites for hydroxylation is 1. The van der Waals surface area contributed by atoms with Gasteiger partial charge in [-0.25, -0.2) is 13.1 Å². The summed E-state index contributed by atoms with van der Waals surface area (Å²) in [5, 5.41) is 12.7. The van der Waals surface area contributed by atoms with Crippen molar-refractivity contribution in [2.24, 2.45) is 7.05 Å². The minimum absolute atomic E-state index is 0.0434. The molecule has 1 saturated carbocycles. The van der Waals surface area contributed by atoms with Crippen molar-refractivity contribution in [3.05, 3.63) is 18.0 Å². The molecule has 8 heteroatoms. The van der Waals surface area contributed by atoms with E-state index >= 15 is 0 Å². The molecular weight excluding hydrogens is 294 g/mol. The number of carbonyl (C=O) groups is 1. The fourth-order valence-corrected chi connectivity index (χ4v) is 3.35. The number of aromatic nitrogens is 1. The fraction of sp³-hybridized carbons (Fsp3) is 0.615. The van der Waals surface area contributed by atoms with Gasteiger partial charge in [-0.2, -0.15) is 0 Å². The molecule has 0 bridgehead atoms. The second-order valence-corrected chi connectivity index (χ2v) is 7.20. The molecule has 0 radical (unpaired) electrons. The highest BCUT2D eigenvalue weighted by molar-refractivity contribution is 7.89. The molecular formula is C13H21N3O4S. The highest BCUT2D eigenvalue weighted by Gasteiger charge is 2.26. The third-order valence-corrected chi connectivity index (χ3v) is 5.22. The second kappa shape index (κ2) is 6.17. The number of hydrogen-bond acceptors (Lipinski definition) is 4. The van der Waals surface area contributed by atoms with Gasteiger partial charge in [0.15, 0.2) is 0 Å². The summed E-state index contributed by atoms with van der Waals surface area (Å²) in [5.74, 6) is -0.374. The molecule has 0 aliphatic heterocycles. The van der Waals surface area contributed by atoms with E-state index in [1.165, 1.54) is 23.9 Å². The van der Waals surface area contributed by atoms with Crippen LogP contribution in [0.3, 0.4) is 0 Å². The molecule has 2 atom stereocenters. The topological polar surface area (TPSA) is 100 Å². The summed E-state index contributed by atoms with van der Waals surface area (Å²) in [4.78, 5) is 12.3. The van der Waals surface area contributed by atoms with Gasteiger partial charge in [0, 0.05) is 13.2 Å². The van der Waals surface area contributed by atoms with Crippen molar-refractivity contribution in [1.29, 1.82) is 0 Å². The van der Waals surface area contributed by atoms with Gasteiger partial charge < -0.3 is 15.0 Å². The van der Waals surface area contributed by atoms with E-state index in [9.17, 15) is 18.3 Å². The van der Waals surface area contributed by atoms with Crippen LogP contribution < -0.4 is 10.0 Å². The van der Waals surface area contributed by atoms with Crippen LogP contribution in [0.1, 0.15) is 36.2 Å².